The zero-order valence-electron chi connectivity index (χ0n) is 9.26. The number of aromatic hydroxyl groups is 1. The molecule has 5 nitrogen and oxygen atoms in total. The van der Waals surface area contributed by atoms with Gasteiger partial charge in [-0.1, -0.05) is 6.07 Å². The molecule has 0 saturated carbocycles. The molecule has 1 aromatic carbocycles. The highest BCUT2D eigenvalue weighted by Gasteiger charge is 2.28. The summed E-state index contributed by atoms with van der Waals surface area (Å²) in [6.07, 6.45) is 0.669. The number of phenolic OH excluding ortho intramolecular Hbond substituents is 1. The second-order valence-electron chi connectivity index (χ2n) is 4.12. The normalized spacial score (nSPS) is 19.4. The molecule has 1 heterocycles. The van der Waals surface area contributed by atoms with E-state index < -0.39 is 6.04 Å². The third-order valence-electron chi connectivity index (χ3n) is 2.89. The summed E-state index contributed by atoms with van der Waals surface area (Å²) in [7, 11) is 0. The molecule has 0 aromatic heterocycles. The smallest absolute Gasteiger partial charge is 0.239 e. The van der Waals surface area contributed by atoms with E-state index in [0.717, 1.165) is 5.56 Å². The number of carbonyl (C=O) groups is 1. The van der Waals surface area contributed by atoms with Gasteiger partial charge in [-0.05, 0) is 24.1 Å². The molecule has 1 aromatic rings. The summed E-state index contributed by atoms with van der Waals surface area (Å²) in [5.41, 5.74) is 6.66. The van der Waals surface area contributed by atoms with Gasteiger partial charge in [0.05, 0.1) is 11.6 Å². The first-order valence-electron chi connectivity index (χ1n) is 5.38. The van der Waals surface area contributed by atoms with Crippen molar-refractivity contribution in [3.63, 3.8) is 0 Å². The Hall–Kier alpha value is -2.06. The van der Waals surface area contributed by atoms with Crippen LogP contribution in [0.5, 0.6) is 5.75 Å². The predicted octanol–water partition coefficient (Wildman–Crippen LogP) is 0.323. The van der Waals surface area contributed by atoms with Crippen LogP contribution in [0.1, 0.15) is 17.5 Å². The Balaban J connectivity index is 2.15. The van der Waals surface area contributed by atoms with Crippen LogP contribution >= 0.6 is 0 Å². The van der Waals surface area contributed by atoms with Crippen LogP contribution in [-0.4, -0.2) is 28.5 Å². The zero-order valence-corrected chi connectivity index (χ0v) is 9.26. The van der Waals surface area contributed by atoms with Crippen molar-refractivity contribution in [3.05, 3.63) is 29.3 Å². The average molecular weight is 231 g/mol. The lowest BCUT2D eigenvalue weighted by Crippen LogP contribution is -2.33. The van der Waals surface area contributed by atoms with Crippen molar-refractivity contribution in [1.29, 1.82) is 5.26 Å². The number of nitrogens with zero attached hydrogens (tertiary/aromatic N) is 2. The van der Waals surface area contributed by atoms with Crippen LogP contribution in [0.3, 0.4) is 0 Å². The fourth-order valence-corrected chi connectivity index (χ4v) is 1.91. The first-order chi connectivity index (χ1) is 8.11. The number of likely N-dealkylation sites (tertiary alicyclic amines) is 1. The van der Waals surface area contributed by atoms with E-state index in [2.05, 4.69) is 0 Å². The third-order valence-corrected chi connectivity index (χ3v) is 2.89. The molecule has 1 fully saturated rings. The summed E-state index contributed by atoms with van der Waals surface area (Å²) in [6.45, 7) is 1.07. The van der Waals surface area contributed by atoms with Crippen molar-refractivity contribution in [1.82, 2.24) is 4.90 Å². The first kappa shape index (κ1) is 11.4. The number of phenols is 1. The van der Waals surface area contributed by atoms with Gasteiger partial charge in [-0.3, -0.25) is 4.79 Å². The van der Waals surface area contributed by atoms with Gasteiger partial charge < -0.3 is 15.7 Å². The summed E-state index contributed by atoms with van der Waals surface area (Å²) in [5.74, 6) is -0.0997. The summed E-state index contributed by atoms with van der Waals surface area (Å²) < 4.78 is 0. The number of amides is 1. The van der Waals surface area contributed by atoms with E-state index in [1.165, 1.54) is 6.07 Å². The van der Waals surface area contributed by atoms with Crippen molar-refractivity contribution in [3.8, 4) is 11.8 Å². The van der Waals surface area contributed by atoms with Gasteiger partial charge in [0.2, 0.25) is 5.91 Å². The Kier molecular flexibility index (Phi) is 2.98. The molecule has 2 rings (SSSR count). The predicted molar refractivity (Wildman–Crippen MR) is 60.8 cm³/mol. The second kappa shape index (κ2) is 4.44. The Bertz CT molecular complexity index is 493. The Labute approximate surface area is 99.1 Å². The van der Waals surface area contributed by atoms with Gasteiger partial charge in [0.25, 0.3) is 0 Å². The highest BCUT2D eigenvalue weighted by molar-refractivity contribution is 5.83. The highest BCUT2D eigenvalue weighted by Crippen LogP contribution is 2.20. The van der Waals surface area contributed by atoms with Crippen LogP contribution in [0, 0.1) is 11.3 Å². The molecular formula is C12H13N3O2. The van der Waals surface area contributed by atoms with E-state index in [0.29, 0.717) is 19.5 Å². The van der Waals surface area contributed by atoms with Crippen molar-refractivity contribution in [2.24, 2.45) is 5.73 Å². The molecule has 1 atom stereocenters. The number of benzene rings is 1. The van der Waals surface area contributed by atoms with Crippen molar-refractivity contribution < 1.29 is 9.90 Å². The molecule has 1 aliphatic heterocycles. The second-order valence-corrected chi connectivity index (χ2v) is 4.12. The molecule has 0 unspecified atom stereocenters. The van der Waals surface area contributed by atoms with Gasteiger partial charge in [0, 0.05) is 13.1 Å². The molecule has 0 spiro atoms. The molecular weight excluding hydrogens is 218 g/mol. The van der Waals surface area contributed by atoms with Gasteiger partial charge in [0.1, 0.15) is 11.8 Å². The van der Waals surface area contributed by atoms with Crippen LogP contribution < -0.4 is 5.73 Å². The van der Waals surface area contributed by atoms with Crippen LogP contribution in [0.25, 0.3) is 0 Å². The van der Waals surface area contributed by atoms with E-state index in [9.17, 15) is 9.90 Å². The van der Waals surface area contributed by atoms with Gasteiger partial charge in [-0.25, -0.2) is 0 Å². The number of hydrogen-bond acceptors (Lipinski definition) is 4. The minimum atomic E-state index is -0.400. The minimum Gasteiger partial charge on any atom is -0.507 e. The number of nitriles is 1. The third kappa shape index (κ3) is 2.22. The summed E-state index contributed by atoms with van der Waals surface area (Å²) >= 11 is 0. The Morgan fingerprint density at radius 2 is 2.35 bits per heavy atom. The molecule has 0 aliphatic carbocycles. The van der Waals surface area contributed by atoms with Gasteiger partial charge >= 0.3 is 0 Å². The van der Waals surface area contributed by atoms with Crippen LogP contribution in [0.4, 0.5) is 0 Å². The minimum absolute atomic E-state index is 0.0410. The van der Waals surface area contributed by atoms with Crippen molar-refractivity contribution in [2.75, 3.05) is 6.54 Å². The Morgan fingerprint density at radius 3 is 2.94 bits per heavy atom. The van der Waals surface area contributed by atoms with Crippen LogP contribution in [0.2, 0.25) is 0 Å². The largest absolute Gasteiger partial charge is 0.507 e. The standard InChI is InChI=1S/C12H13N3O2/c13-6-9-5-8(1-2-11(9)16)7-15-4-3-10(14)12(15)17/h1-2,5,10,16H,3-4,7,14H2/t10-/m0/s1. The lowest BCUT2D eigenvalue weighted by atomic mass is 10.1. The van der Waals surface area contributed by atoms with Gasteiger partial charge in [-0.2, -0.15) is 5.26 Å². The molecule has 1 aliphatic rings. The molecule has 5 heteroatoms. The summed E-state index contributed by atoms with van der Waals surface area (Å²) in [6, 6.07) is 6.26. The van der Waals surface area contributed by atoms with Crippen molar-refractivity contribution >= 4 is 5.91 Å². The van der Waals surface area contributed by atoms with E-state index in [4.69, 9.17) is 11.0 Å². The maximum Gasteiger partial charge on any atom is 0.239 e. The van der Waals surface area contributed by atoms with E-state index >= 15 is 0 Å². The molecule has 1 saturated heterocycles. The zero-order chi connectivity index (χ0) is 12.4. The maximum atomic E-state index is 11.6. The van der Waals surface area contributed by atoms with Crippen LogP contribution in [0.15, 0.2) is 18.2 Å². The lowest BCUT2D eigenvalue weighted by molar-refractivity contribution is -0.129. The number of nitrogens with two attached hydrogens (primary N) is 1. The lowest BCUT2D eigenvalue weighted by Gasteiger charge is -2.16. The number of hydrogen-bond donors (Lipinski definition) is 2. The molecule has 88 valence electrons. The van der Waals surface area contributed by atoms with Crippen LogP contribution in [-0.2, 0) is 11.3 Å². The van der Waals surface area contributed by atoms with Crippen molar-refractivity contribution in [2.45, 2.75) is 19.0 Å². The van der Waals surface area contributed by atoms with E-state index in [1.807, 2.05) is 6.07 Å². The number of rotatable bonds is 2. The topological polar surface area (TPSA) is 90.4 Å². The Morgan fingerprint density at radius 1 is 1.59 bits per heavy atom. The number of carbonyl (C=O) groups excluding carboxylic acids is 1. The summed E-state index contributed by atoms with van der Waals surface area (Å²) in [5, 5.41) is 18.2. The quantitative estimate of drug-likeness (QED) is 0.767. The van der Waals surface area contributed by atoms with E-state index in [1.54, 1.807) is 17.0 Å². The molecule has 1 amide bonds. The van der Waals surface area contributed by atoms with Gasteiger partial charge in [-0.15, -0.1) is 0 Å². The van der Waals surface area contributed by atoms with Gasteiger partial charge in [0.15, 0.2) is 0 Å². The SMILES string of the molecule is N#Cc1cc(CN2CC[C@H](N)C2=O)ccc1O. The maximum absolute atomic E-state index is 11.6. The molecule has 3 N–H and O–H groups in total. The molecule has 0 bridgehead atoms. The first-order valence-corrected chi connectivity index (χ1v) is 5.38. The molecule has 17 heavy (non-hydrogen) atoms. The van der Waals surface area contributed by atoms with E-state index in [-0.39, 0.29) is 17.2 Å². The summed E-state index contributed by atoms with van der Waals surface area (Å²) in [4.78, 5) is 13.3. The monoisotopic (exact) mass is 231 g/mol. The fraction of sp³-hybridized carbons (Fsp3) is 0.333. The highest BCUT2D eigenvalue weighted by atomic mass is 16.3. The fourth-order valence-electron chi connectivity index (χ4n) is 1.91. The average Bonchev–Trinajstić information content (AvgIpc) is 2.63. The molecule has 0 radical (unpaired) electrons.